The topological polar surface area (TPSA) is 88.2 Å². The van der Waals surface area contributed by atoms with Crippen LogP contribution in [0.3, 0.4) is 0 Å². The smallest absolute Gasteiger partial charge is 0.264 e. The van der Waals surface area contributed by atoms with Crippen molar-refractivity contribution in [3.05, 3.63) is 77.9 Å². The van der Waals surface area contributed by atoms with Crippen molar-refractivity contribution in [1.29, 1.82) is 0 Å². The Bertz CT molecular complexity index is 1290. The van der Waals surface area contributed by atoms with Crippen molar-refractivity contribution in [3.8, 4) is 11.5 Å². The maximum Gasteiger partial charge on any atom is 0.264 e. The quantitative estimate of drug-likeness (QED) is 0.378. The predicted octanol–water partition coefficient (Wildman–Crippen LogP) is 4.37. The summed E-state index contributed by atoms with van der Waals surface area (Å²) < 4.78 is 39.3. The second-order valence-electron chi connectivity index (χ2n) is 8.48. The molecule has 0 heterocycles. The van der Waals surface area contributed by atoms with Crippen LogP contribution < -0.4 is 24.0 Å². The second-order valence-corrected chi connectivity index (χ2v) is 10.3. The Labute approximate surface area is 219 Å². The van der Waals surface area contributed by atoms with Gasteiger partial charge in [-0.2, -0.15) is 0 Å². The molecule has 0 aliphatic rings. The molecule has 0 aromatic heterocycles. The number of nitrogens with one attached hydrogen (secondary N) is 1. The zero-order valence-corrected chi connectivity index (χ0v) is 22.8. The molecular weight excluding hydrogens is 490 g/mol. The minimum atomic E-state index is -4.10. The summed E-state index contributed by atoms with van der Waals surface area (Å²) in [6.45, 7) is 7.73. The summed E-state index contributed by atoms with van der Waals surface area (Å²) in [5.74, 6) is 0.290. The number of benzene rings is 3. The van der Waals surface area contributed by atoms with Gasteiger partial charge in [0.15, 0.2) is 0 Å². The molecule has 3 rings (SSSR count). The van der Waals surface area contributed by atoms with Crippen LogP contribution in [0.15, 0.2) is 71.6 Å². The first-order valence-electron chi connectivity index (χ1n) is 12.2. The highest BCUT2D eigenvalue weighted by molar-refractivity contribution is 7.92. The van der Waals surface area contributed by atoms with Gasteiger partial charge in [0.25, 0.3) is 10.0 Å². The third-order valence-corrected chi connectivity index (χ3v) is 7.88. The van der Waals surface area contributed by atoms with E-state index in [4.69, 9.17) is 9.47 Å². The number of hydrogen-bond donors (Lipinski definition) is 1. The Balaban J connectivity index is 1.87. The highest BCUT2D eigenvalue weighted by atomic mass is 32.2. The molecule has 0 atom stereocenters. The Hall–Kier alpha value is -3.72. The molecule has 0 aliphatic heterocycles. The molecule has 9 heteroatoms. The molecule has 3 aromatic carbocycles. The molecule has 0 bridgehead atoms. The number of hydrogen-bond acceptors (Lipinski definition) is 6. The van der Waals surface area contributed by atoms with Crippen LogP contribution in [-0.2, 0) is 21.4 Å². The van der Waals surface area contributed by atoms with Crippen LogP contribution in [0.4, 0.5) is 11.4 Å². The SMILES string of the molecule is CCN(CC)c1ccc(CNC(=O)CN(c2cc(OC)ccc2OC)S(=O)(=O)c2ccc(C)cc2)cc1. The Morgan fingerprint density at radius 1 is 0.892 bits per heavy atom. The van der Waals surface area contributed by atoms with Crippen LogP contribution in [0.5, 0.6) is 11.5 Å². The van der Waals surface area contributed by atoms with Crippen LogP contribution in [0.1, 0.15) is 25.0 Å². The summed E-state index contributed by atoms with van der Waals surface area (Å²) in [5.41, 5.74) is 3.16. The lowest BCUT2D eigenvalue weighted by Crippen LogP contribution is -2.40. The molecule has 198 valence electrons. The molecule has 8 nitrogen and oxygen atoms in total. The number of amides is 1. The first-order chi connectivity index (χ1) is 17.7. The lowest BCUT2D eigenvalue weighted by Gasteiger charge is -2.26. The van der Waals surface area contributed by atoms with Gasteiger partial charge in [-0.15, -0.1) is 0 Å². The highest BCUT2D eigenvalue weighted by Gasteiger charge is 2.30. The molecule has 3 aromatic rings. The van der Waals surface area contributed by atoms with E-state index in [0.717, 1.165) is 34.2 Å². The summed E-state index contributed by atoms with van der Waals surface area (Å²) in [6.07, 6.45) is 0. The summed E-state index contributed by atoms with van der Waals surface area (Å²) in [4.78, 5) is 15.4. The molecule has 1 N–H and O–H groups in total. The molecule has 37 heavy (non-hydrogen) atoms. The van der Waals surface area contributed by atoms with E-state index in [-0.39, 0.29) is 17.1 Å². The average Bonchev–Trinajstić information content (AvgIpc) is 2.91. The van der Waals surface area contributed by atoms with Gasteiger partial charge in [0.2, 0.25) is 5.91 Å². The van der Waals surface area contributed by atoms with Crippen molar-refractivity contribution in [2.45, 2.75) is 32.2 Å². The Morgan fingerprint density at radius 3 is 2.11 bits per heavy atom. The Morgan fingerprint density at radius 2 is 1.54 bits per heavy atom. The first-order valence-corrected chi connectivity index (χ1v) is 13.6. The normalized spacial score (nSPS) is 11.1. The third kappa shape index (κ3) is 6.74. The number of aryl methyl sites for hydroxylation is 1. The lowest BCUT2D eigenvalue weighted by atomic mass is 10.2. The monoisotopic (exact) mass is 525 g/mol. The van der Waals surface area contributed by atoms with E-state index in [0.29, 0.717) is 11.5 Å². The first kappa shape index (κ1) is 27.9. The fourth-order valence-electron chi connectivity index (χ4n) is 3.93. The fourth-order valence-corrected chi connectivity index (χ4v) is 5.35. The summed E-state index contributed by atoms with van der Waals surface area (Å²) >= 11 is 0. The average molecular weight is 526 g/mol. The standard InChI is InChI=1S/C28H35N3O5S/c1-6-30(7-2)23-12-10-22(11-13-23)19-29-28(32)20-31(26-18-24(35-4)14-17-27(26)36-5)37(33,34)25-15-8-21(3)9-16-25/h8-18H,6-7,19-20H2,1-5H3,(H,29,32). The summed E-state index contributed by atoms with van der Waals surface area (Å²) in [6, 6.07) is 19.3. The van der Waals surface area contributed by atoms with Gasteiger partial charge in [0, 0.05) is 31.4 Å². The Kier molecular flexibility index (Phi) is 9.41. The third-order valence-electron chi connectivity index (χ3n) is 6.11. The van der Waals surface area contributed by atoms with Crippen LogP contribution in [-0.4, -0.2) is 48.2 Å². The number of carbonyl (C=O) groups is 1. The molecular formula is C28H35N3O5S. The maximum absolute atomic E-state index is 13.7. The van der Waals surface area contributed by atoms with Gasteiger partial charge in [0.1, 0.15) is 18.0 Å². The van der Waals surface area contributed by atoms with Crippen molar-refractivity contribution in [3.63, 3.8) is 0 Å². The van der Waals surface area contributed by atoms with Gasteiger partial charge >= 0.3 is 0 Å². The van der Waals surface area contributed by atoms with Crippen molar-refractivity contribution < 1.29 is 22.7 Å². The number of rotatable bonds is 12. The number of nitrogens with zero attached hydrogens (tertiary/aromatic N) is 2. The van der Waals surface area contributed by atoms with E-state index in [1.54, 1.807) is 30.3 Å². The lowest BCUT2D eigenvalue weighted by molar-refractivity contribution is -0.119. The summed E-state index contributed by atoms with van der Waals surface area (Å²) in [5, 5.41) is 2.84. The molecule has 0 saturated heterocycles. The van der Waals surface area contributed by atoms with Crippen molar-refractivity contribution in [2.75, 3.05) is 43.1 Å². The van der Waals surface area contributed by atoms with Crippen LogP contribution in [0.25, 0.3) is 0 Å². The molecule has 0 spiro atoms. The van der Waals surface area contributed by atoms with Gasteiger partial charge in [-0.1, -0.05) is 29.8 Å². The van der Waals surface area contributed by atoms with E-state index in [1.165, 1.54) is 26.4 Å². The van der Waals surface area contributed by atoms with Crippen molar-refractivity contribution in [2.24, 2.45) is 0 Å². The number of sulfonamides is 1. The van der Waals surface area contributed by atoms with Crippen molar-refractivity contribution in [1.82, 2.24) is 5.32 Å². The van der Waals surface area contributed by atoms with E-state index in [2.05, 4.69) is 24.1 Å². The molecule has 0 saturated carbocycles. The maximum atomic E-state index is 13.7. The molecule has 0 radical (unpaired) electrons. The van der Waals surface area contributed by atoms with Gasteiger partial charge in [-0.05, 0) is 62.7 Å². The number of anilines is 2. The number of carbonyl (C=O) groups excluding carboxylic acids is 1. The van der Waals surface area contributed by atoms with Gasteiger partial charge in [-0.3, -0.25) is 9.10 Å². The molecule has 1 amide bonds. The highest BCUT2D eigenvalue weighted by Crippen LogP contribution is 2.35. The minimum absolute atomic E-state index is 0.0720. The number of ether oxygens (including phenoxy) is 2. The van der Waals surface area contributed by atoms with E-state index in [1.807, 2.05) is 31.2 Å². The predicted molar refractivity (Wildman–Crippen MR) is 147 cm³/mol. The molecule has 0 aliphatic carbocycles. The zero-order valence-electron chi connectivity index (χ0n) is 22.0. The van der Waals surface area contributed by atoms with Gasteiger partial charge in [-0.25, -0.2) is 8.42 Å². The number of methoxy groups -OCH3 is 2. The zero-order chi connectivity index (χ0) is 27.0. The fraction of sp³-hybridized carbons (Fsp3) is 0.321. The van der Waals surface area contributed by atoms with Crippen LogP contribution in [0.2, 0.25) is 0 Å². The summed E-state index contributed by atoms with van der Waals surface area (Å²) in [7, 11) is -1.16. The molecule has 0 fully saturated rings. The van der Waals surface area contributed by atoms with Crippen LogP contribution in [0, 0.1) is 6.92 Å². The second kappa shape index (κ2) is 12.5. The van der Waals surface area contributed by atoms with E-state index < -0.39 is 22.5 Å². The molecule has 0 unspecified atom stereocenters. The van der Waals surface area contributed by atoms with Gasteiger partial charge in [0.05, 0.1) is 24.8 Å². The van der Waals surface area contributed by atoms with Crippen molar-refractivity contribution >= 4 is 27.3 Å². The van der Waals surface area contributed by atoms with E-state index in [9.17, 15) is 13.2 Å². The van der Waals surface area contributed by atoms with E-state index >= 15 is 0 Å². The van der Waals surface area contributed by atoms with Gasteiger partial charge < -0.3 is 19.7 Å². The largest absolute Gasteiger partial charge is 0.497 e. The van der Waals surface area contributed by atoms with Crippen LogP contribution >= 0.6 is 0 Å². The minimum Gasteiger partial charge on any atom is -0.497 e.